The highest BCUT2D eigenvalue weighted by atomic mass is 16.5. The molecular weight excluding hydrogens is 278 g/mol. The first-order chi connectivity index (χ1) is 10.7. The van der Waals surface area contributed by atoms with Crippen molar-refractivity contribution in [1.29, 1.82) is 0 Å². The Balaban J connectivity index is 1.86. The summed E-state index contributed by atoms with van der Waals surface area (Å²) >= 11 is 0. The van der Waals surface area contributed by atoms with Gasteiger partial charge < -0.3 is 20.5 Å². The number of hydrogen-bond acceptors (Lipinski definition) is 3. The van der Waals surface area contributed by atoms with Crippen LogP contribution in [0.25, 0.3) is 0 Å². The Kier molecular flexibility index (Phi) is 5.65. The molecule has 0 spiro atoms. The third kappa shape index (κ3) is 5.01. The van der Waals surface area contributed by atoms with E-state index in [2.05, 4.69) is 10.3 Å². The van der Waals surface area contributed by atoms with Gasteiger partial charge in [-0.05, 0) is 31.2 Å². The number of nitrogens with two attached hydrogens (primary N) is 1. The van der Waals surface area contributed by atoms with Gasteiger partial charge >= 0.3 is 0 Å². The van der Waals surface area contributed by atoms with E-state index in [0.29, 0.717) is 12.5 Å². The van der Waals surface area contributed by atoms with Crippen LogP contribution >= 0.6 is 0 Å². The largest absolute Gasteiger partial charge is 0.497 e. The number of nitrogens with one attached hydrogen (secondary N) is 1. The lowest BCUT2D eigenvalue weighted by Gasteiger charge is -2.13. The second-order valence-corrected chi connectivity index (χ2v) is 4.82. The van der Waals surface area contributed by atoms with Crippen LogP contribution < -0.4 is 20.5 Å². The maximum atomic E-state index is 5.88. The van der Waals surface area contributed by atoms with E-state index in [1.807, 2.05) is 61.5 Å². The smallest absolute Gasteiger partial charge is 0.193 e. The Hall–Kier alpha value is -2.69. The Labute approximate surface area is 130 Å². The van der Waals surface area contributed by atoms with E-state index in [1.165, 1.54) is 0 Å². The van der Waals surface area contributed by atoms with Crippen LogP contribution in [-0.4, -0.2) is 25.7 Å². The molecule has 0 amide bonds. The predicted octanol–water partition coefficient (Wildman–Crippen LogP) is 2.89. The Bertz CT molecular complexity index is 614. The monoisotopic (exact) mass is 299 g/mol. The summed E-state index contributed by atoms with van der Waals surface area (Å²) in [6, 6.07) is 17.2. The molecule has 0 aliphatic heterocycles. The second-order valence-electron chi connectivity index (χ2n) is 4.82. The summed E-state index contributed by atoms with van der Waals surface area (Å²) in [6.45, 7) is 2.42. The average Bonchev–Trinajstić information content (AvgIpc) is 2.54. The van der Waals surface area contributed by atoms with Crippen molar-refractivity contribution in [2.45, 2.75) is 13.0 Å². The van der Waals surface area contributed by atoms with Crippen LogP contribution in [0.1, 0.15) is 6.92 Å². The van der Waals surface area contributed by atoms with E-state index in [-0.39, 0.29) is 6.10 Å². The first kappa shape index (κ1) is 15.7. The molecule has 22 heavy (non-hydrogen) atoms. The standard InChI is InChI=1S/C17H21N3O2/c1-13(22-15-8-4-3-5-9-15)12-19-17(18)20-14-7-6-10-16(11-14)21-2/h3-11,13H,12H2,1-2H3,(H3,18,19,20). The lowest BCUT2D eigenvalue weighted by Crippen LogP contribution is -2.25. The molecule has 1 atom stereocenters. The molecule has 0 heterocycles. The van der Waals surface area contributed by atoms with Crippen LogP contribution in [0.2, 0.25) is 0 Å². The molecule has 5 nitrogen and oxygen atoms in total. The number of anilines is 1. The van der Waals surface area contributed by atoms with Gasteiger partial charge in [0.1, 0.15) is 17.6 Å². The minimum Gasteiger partial charge on any atom is -0.497 e. The molecule has 0 aliphatic carbocycles. The maximum absolute atomic E-state index is 5.88. The molecule has 2 rings (SSSR count). The van der Waals surface area contributed by atoms with Gasteiger partial charge in [-0.3, -0.25) is 0 Å². The van der Waals surface area contributed by atoms with Crippen molar-refractivity contribution < 1.29 is 9.47 Å². The summed E-state index contributed by atoms with van der Waals surface area (Å²) in [5.41, 5.74) is 6.71. The Morgan fingerprint density at radius 2 is 1.86 bits per heavy atom. The SMILES string of the molecule is COc1cccc(NC(N)=NCC(C)Oc2ccccc2)c1. The Morgan fingerprint density at radius 1 is 1.14 bits per heavy atom. The summed E-state index contributed by atoms with van der Waals surface area (Å²) in [5.74, 6) is 1.93. The second kappa shape index (κ2) is 7.93. The number of aliphatic imine (C=N–C) groups is 1. The first-order valence-corrected chi connectivity index (χ1v) is 7.10. The summed E-state index contributed by atoms with van der Waals surface area (Å²) in [6.07, 6.45) is -0.0620. The van der Waals surface area contributed by atoms with Crippen LogP contribution in [-0.2, 0) is 0 Å². The van der Waals surface area contributed by atoms with Crippen molar-refractivity contribution in [2.75, 3.05) is 19.0 Å². The molecule has 0 aliphatic rings. The number of nitrogens with zero attached hydrogens (tertiary/aromatic N) is 1. The highest BCUT2D eigenvalue weighted by Crippen LogP contribution is 2.16. The highest BCUT2D eigenvalue weighted by Gasteiger charge is 2.03. The first-order valence-electron chi connectivity index (χ1n) is 7.10. The van der Waals surface area contributed by atoms with Crippen LogP contribution in [0.15, 0.2) is 59.6 Å². The van der Waals surface area contributed by atoms with Crippen LogP contribution in [0.4, 0.5) is 5.69 Å². The van der Waals surface area contributed by atoms with E-state index < -0.39 is 0 Å². The fourth-order valence-corrected chi connectivity index (χ4v) is 1.88. The normalized spacial score (nSPS) is 12.5. The molecular formula is C17H21N3O2. The number of rotatable bonds is 6. The van der Waals surface area contributed by atoms with Gasteiger partial charge in [-0.2, -0.15) is 0 Å². The average molecular weight is 299 g/mol. The van der Waals surface area contributed by atoms with Gasteiger partial charge in [0.15, 0.2) is 5.96 Å². The van der Waals surface area contributed by atoms with E-state index in [0.717, 1.165) is 17.2 Å². The van der Waals surface area contributed by atoms with Gasteiger partial charge in [-0.25, -0.2) is 4.99 Å². The van der Waals surface area contributed by atoms with E-state index >= 15 is 0 Å². The van der Waals surface area contributed by atoms with Gasteiger partial charge in [0, 0.05) is 11.8 Å². The quantitative estimate of drug-likeness (QED) is 0.635. The van der Waals surface area contributed by atoms with Crippen molar-refractivity contribution in [3.8, 4) is 11.5 Å². The van der Waals surface area contributed by atoms with Crippen molar-refractivity contribution in [3.05, 3.63) is 54.6 Å². The molecule has 1 unspecified atom stereocenters. The summed E-state index contributed by atoms with van der Waals surface area (Å²) in [4.78, 5) is 4.29. The number of hydrogen-bond donors (Lipinski definition) is 2. The van der Waals surface area contributed by atoms with Gasteiger partial charge in [-0.1, -0.05) is 24.3 Å². The van der Waals surface area contributed by atoms with E-state index in [4.69, 9.17) is 15.2 Å². The molecule has 0 saturated heterocycles. The molecule has 5 heteroatoms. The lowest BCUT2D eigenvalue weighted by atomic mass is 10.3. The number of benzene rings is 2. The summed E-state index contributed by atoms with van der Waals surface area (Å²) in [5, 5.41) is 3.03. The molecule has 0 fully saturated rings. The van der Waals surface area contributed by atoms with Crippen LogP contribution in [0, 0.1) is 0 Å². The fraction of sp³-hybridized carbons (Fsp3) is 0.235. The van der Waals surface area contributed by atoms with Crippen molar-refractivity contribution in [1.82, 2.24) is 0 Å². The number of ether oxygens (including phenoxy) is 2. The van der Waals surface area contributed by atoms with Crippen LogP contribution in [0.5, 0.6) is 11.5 Å². The molecule has 2 aromatic rings. The maximum Gasteiger partial charge on any atom is 0.193 e. The van der Waals surface area contributed by atoms with Gasteiger partial charge in [0.2, 0.25) is 0 Å². The van der Waals surface area contributed by atoms with Gasteiger partial charge in [0.05, 0.1) is 13.7 Å². The topological polar surface area (TPSA) is 68.9 Å². The fourth-order valence-electron chi connectivity index (χ4n) is 1.88. The zero-order valence-electron chi connectivity index (χ0n) is 12.8. The lowest BCUT2D eigenvalue weighted by molar-refractivity contribution is 0.230. The van der Waals surface area contributed by atoms with Crippen LogP contribution in [0.3, 0.4) is 0 Å². The minimum absolute atomic E-state index is 0.0620. The third-order valence-corrected chi connectivity index (χ3v) is 2.94. The molecule has 0 radical (unpaired) electrons. The molecule has 0 saturated carbocycles. The minimum atomic E-state index is -0.0620. The number of para-hydroxylation sites is 1. The summed E-state index contributed by atoms with van der Waals surface area (Å²) < 4.78 is 10.9. The van der Waals surface area contributed by atoms with Crippen molar-refractivity contribution in [2.24, 2.45) is 10.7 Å². The Morgan fingerprint density at radius 3 is 2.59 bits per heavy atom. The molecule has 0 aromatic heterocycles. The molecule has 3 N–H and O–H groups in total. The zero-order chi connectivity index (χ0) is 15.8. The number of guanidine groups is 1. The number of methoxy groups -OCH3 is 1. The third-order valence-electron chi connectivity index (χ3n) is 2.94. The van der Waals surface area contributed by atoms with Gasteiger partial charge in [0.25, 0.3) is 0 Å². The molecule has 0 bridgehead atoms. The highest BCUT2D eigenvalue weighted by molar-refractivity contribution is 5.92. The van der Waals surface area contributed by atoms with Gasteiger partial charge in [-0.15, -0.1) is 0 Å². The molecule has 2 aromatic carbocycles. The predicted molar refractivity (Wildman–Crippen MR) is 89.6 cm³/mol. The van der Waals surface area contributed by atoms with Crippen molar-refractivity contribution in [3.63, 3.8) is 0 Å². The van der Waals surface area contributed by atoms with Crippen molar-refractivity contribution >= 4 is 11.6 Å². The zero-order valence-corrected chi connectivity index (χ0v) is 12.8. The molecule has 116 valence electrons. The van der Waals surface area contributed by atoms with E-state index in [9.17, 15) is 0 Å². The van der Waals surface area contributed by atoms with E-state index in [1.54, 1.807) is 7.11 Å². The summed E-state index contributed by atoms with van der Waals surface area (Å²) in [7, 11) is 1.62.